The van der Waals surface area contributed by atoms with Gasteiger partial charge in [-0.15, -0.1) is 11.3 Å². The average Bonchev–Trinajstić information content (AvgIpc) is 2.99. The standard InChI is InChI=1S/C11H8N2O3S2/c14-18(15,10-6-3-7-17-10)13-11-8-4-1-2-5-9(8)16-12-11/h1-7H,(H,12,13). The number of thiophene rings is 1. The van der Waals surface area contributed by atoms with E-state index >= 15 is 0 Å². The summed E-state index contributed by atoms with van der Waals surface area (Å²) in [5.41, 5.74) is 0.543. The van der Waals surface area contributed by atoms with Gasteiger partial charge >= 0.3 is 0 Å². The first-order chi connectivity index (χ1) is 8.67. The molecule has 0 fully saturated rings. The largest absolute Gasteiger partial charge is 0.354 e. The molecule has 0 saturated carbocycles. The molecule has 92 valence electrons. The Balaban J connectivity index is 2.03. The van der Waals surface area contributed by atoms with E-state index < -0.39 is 10.0 Å². The number of nitrogens with zero attached hydrogens (tertiary/aromatic N) is 1. The minimum atomic E-state index is -3.59. The number of para-hydroxylation sites is 1. The topological polar surface area (TPSA) is 72.2 Å². The zero-order valence-corrected chi connectivity index (χ0v) is 10.7. The summed E-state index contributed by atoms with van der Waals surface area (Å²) in [7, 11) is -3.59. The van der Waals surface area contributed by atoms with Gasteiger partial charge in [0, 0.05) is 0 Å². The highest BCUT2D eigenvalue weighted by Crippen LogP contribution is 2.25. The molecule has 0 radical (unpaired) electrons. The summed E-state index contributed by atoms with van der Waals surface area (Å²) in [5.74, 6) is 0.207. The van der Waals surface area contributed by atoms with Gasteiger partial charge in [0.05, 0.1) is 5.39 Å². The molecule has 0 atom stereocenters. The average molecular weight is 280 g/mol. The quantitative estimate of drug-likeness (QED) is 0.800. The first-order valence-electron chi connectivity index (χ1n) is 5.07. The highest BCUT2D eigenvalue weighted by Gasteiger charge is 2.18. The Morgan fingerprint density at radius 1 is 1.17 bits per heavy atom. The number of nitrogens with one attached hydrogen (secondary N) is 1. The molecule has 0 spiro atoms. The smallest absolute Gasteiger partial charge is 0.272 e. The van der Waals surface area contributed by atoms with Crippen LogP contribution < -0.4 is 4.72 Å². The molecule has 0 bridgehead atoms. The van der Waals surface area contributed by atoms with Gasteiger partial charge in [0.15, 0.2) is 11.4 Å². The molecule has 0 unspecified atom stereocenters. The molecule has 0 aliphatic heterocycles. The zero-order chi connectivity index (χ0) is 12.6. The van der Waals surface area contributed by atoms with Gasteiger partial charge in [-0.25, -0.2) is 8.42 Å². The number of rotatable bonds is 3. The van der Waals surface area contributed by atoms with E-state index in [4.69, 9.17) is 4.52 Å². The summed E-state index contributed by atoms with van der Waals surface area (Å²) in [4.78, 5) is 0. The van der Waals surface area contributed by atoms with E-state index in [1.165, 1.54) is 6.07 Å². The molecule has 3 rings (SSSR count). The first kappa shape index (κ1) is 11.2. The molecule has 18 heavy (non-hydrogen) atoms. The van der Waals surface area contributed by atoms with Crippen LogP contribution in [0.25, 0.3) is 11.0 Å². The summed E-state index contributed by atoms with van der Waals surface area (Å²) in [6, 6.07) is 10.3. The van der Waals surface area contributed by atoms with Crippen LogP contribution in [0.4, 0.5) is 5.82 Å². The lowest BCUT2D eigenvalue weighted by Gasteiger charge is -2.01. The summed E-state index contributed by atoms with van der Waals surface area (Å²) in [5, 5.41) is 6.07. The molecular formula is C11H8N2O3S2. The molecule has 0 aliphatic carbocycles. The van der Waals surface area contributed by atoms with Crippen LogP contribution in [-0.4, -0.2) is 13.6 Å². The number of benzene rings is 1. The Morgan fingerprint density at radius 3 is 2.78 bits per heavy atom. The van der Waals surface area contributed by atoms with Crippen molar-refractivity contribution in [1.29, 1.82) is 0 Å². The van der Waals surface area contributed by atoms with Gasteiger partial charge in [-0.05, 0) is 23.6 Å². The van der Waals surface area contributed by atoms with Crippen LogP contribution in [0.3, 0.4) is 0 Å². The molecule has 2 heterocycles. The lowest BCUT2D eigenvalue weighted by atomic mass is 10.2. The van der Waals surface area contributed by atoms with Crippen LogP contribution in [0.5, 0.6) is 0 Å². The van der Waals surface area contributed by atoms with Crippen LogP contribution in [0, 0.1) is 0 Å². The van der Waals surface area contributed by atoms with E-state index in [1.54, 1.807) is 35.7 Å². The number of sulfonamides is 1. The predicted molar refractivity (Wildman–Crippen MR) is 69.1 cm³/mol. The van der Waals surface area contributed by atoms with Gasteiger partial charge in [-0.1, -0.05) is 23.4 Å². The maximum atomic E-state index is 12.0. The third-order valence-electron chi connectivity index (χ3n) is 2.37. The number of hydrogen-bond acceptors (Lipinski definition) is 5. The van der Waals surface area contributed by atoms with Gasteiger partial charge in [-0.3, -0.25) is 4.72 Å². The minimum Gasteiger partial charge on any atom is -0.354 e. The van der Waals surface area contributed by atoms with Crippen molar-refractivity contribution in [3.05, 3.63) is 41.8 Å². The summed E-state index contributed by atoms with van der Waals surface area (Å²) >= 11 is 1.15. The molecule has 3 aromatic rings. The van der Waals surface area contributed by atoms with Crippen molar-refractivity contribution in [3.8, 4) is 0 Å². The van der Waals surface area contributed by atoms with Crippen molar-refractivity contribution in [2.45, 2.75) is 4.21 Å². The normalized spacial score (nSPS) is 11.8. The third-order valence-corrected chi connectivity index (χ3v) is 5.10. The molecule has 1 N–H and O–H groups in total. The number of fused-ring (bicyclic) bond motifs is 1. The molecular weight excluding hydrogens is 272 g/mol. The van der Waals surface area contributed by atoms with E-state index in [-0.39, 0.29) is 10.0 Å². The molecule has 0 saturated heterocycles. The maximum absolute atomic E-state index is 12.0. The number of hydrogen-bond donors (Lipinski definition) is 1. The van der Waals surface area contributed by atoms with Gasteiger partial charge in [0.25, 0.3) is 10.0 Å². The summed E-state index contributed by atoms with van der Waals surface area (Å²) < 4.78 is 31.7. The van der Waals surface area contributed by atoms with Crippen molar-refractivity contribution in [2.75, 3.05) is 4.72 Å². The van der Waals surface area contributed by atoms with Gasteiger partial charge in [0.2, 0.25) is 0 Å². The fourth-order valence-corrected chi connectivity index (χ4v) is 3.56. The predicted octanol–water partition coefficient (Wildman–Crippen LogP) is 2.69. The second-order valence-electron chi connectivity index (χ2n) is 3.56. The van der Waals surface area contributed by atoms with Crippen LogP contribution >= 0.6 is 11.3 Å². The lowest BCUT2D eigenvalue weighted by Crippen LogP contribution is -2.11. The second-order valence-corrected chi connectivity index (χ2v) is 6.42. The molecule has 1 aromatic carbocycles. The molecule has 7 heteroatoms. The Hall–Kier alpha value is -1.86. The van der Waals surface area contributed by atoms with Gasteiger partial charge < -0.3 is 4.52 Å². The minimum absolute atomic E-state index is 0.207. The van der Waals surface area contributed by atoms with Crippen LogP contribution in [0.2, 0.25) is 0 Å². The van der Waals surface area contributed by atoms with E-state index in [0.717, 1.165) is 11.3 Å². The Labute approximate surface area is 107 Å². The highest BCUT2D eigenvalue weighted by atomic mass is 32.2. The maximum Gasteiger partial charge on any atom is 0.272 e. The number of anilines is 1. The van der Waals surface area contributed by atoms with Crippen molar-refractivity contribution >= 4 is 38.1 Å². The number of aromatic nitrogens is 1. The molecule has 0 aliphatic rings. The first-order valence-corrected chi connectivity index (χ1v) is 7.44. The van der Waals surface area contributed by atoms with Crippen molar-refractivity contribution < 1.29 is 12.9 Å². The molecule has 0 amide bonds. The third kappa shape index (κ3) is 1.87. The van der Waals surface area contributed by atoms with Crippen LogP contribution in [-0.2, 0) is 10.0 Å². The van der Waals surface area contributed by atoms with Crippen molar-refractivity contribution in [3.63, 3.8) is 0 Å². The van der Waals surface area contributed by atoms with Crippen LogP contribution in [0.1, 0.15) is 0 Å². The van der Waals surface area contributed by atoms with E-state index in [1.807, 2.05) is 0 Å². The van der Waals surface area contributed by atoms with E-state index in [0.29, 0.717) is 11.0 Å². The summed E-state index contributed by atoms with van der Waals surface area (Å²) in [6.45, 7) is 0. The second kappa shape index (κ2) is 4.11. The Kier molecular flexibility index (Phi) is 2.57. The Bertz CT molecular complexity index is 776. The summed E-state index contributed by atoms with van der Waals surface area (Å²) in [6.07, 6.45) is 0. The van der Waals surface area contributed by atoms with E-state index in [9.17, 15) is 8.42 Å². The highest BCUT2D eigenvalue weighted by molar-refractivity contribution is 7.94. The fraction of sp³-hybridized carbons (Fsp3) is 0. The zero-order valence-electron chi connectivity index (χ0n) is 9.03. The monoisotopic (exact) mass is 280 g/mol. The van der Waals surface area contributed by atoms with Gasteiger partial charge in [-0.2, -0.15) is 0 Å². The lowest BCUT2D eigenvalue weighted by molar-refractivity contribution is 0.460. The van der Waals surface area contributed by atoms with Gasteiger partial charge in [0.1, 0.15) is 4.21 Å². The van der Waals surface area contributed by atoms with Crippen molar-refractivity contribution in [1.82, 2.24) is 5.16 Å². The van der Waals surface area contributed by atoms with E-state index in [2.05, 4.69) is 9.88 Å². The SMILES string of the molecule is O=S(=O)(Nc1noc2ccccc12)c1cccs1. The molecule has 5 nitrogen and oxygen atoms in total. The fourth-order valence-electron chi connectivity index (χ4n) is 1.55. The molecule has 2 aromatic heterocycles. The van der Waals surface area contributed by atoms with Crippen LogP contribution in [0.15, 0.2) is 50.5 Å². The van der Waals surface area contributed by atoms with Crippen molar-refractivity contribution in [2.24, 2.45) is 0 Å². The Morgan fingerprint density at radius 2 is 2.00 bits per heavy atom.